The predicted octanol–water partition coefficient (Wildman–Crippen LogP) is 1.92. The summed E-state index contributed by atoms with van der Waals surface area (Å²) >= 11 is 0. The third-order valence-electron chi connectivity index (χ3n) is 4.65. The molecular weight excluding hydrogens is 348 g/mol. The van der Waals surface area contributed by atoms with Crippen LogP contribution in [0.15, 0.2) is 39.9 Å². The largest absolute Gasteiger partial charge is 0.487 e. The maximum atomic E-state index is 12.2. The van der Waals surface area contributed by atoms with Gasteiger partial charge in [0.05, 0.1) is 6.61 Å². The highest BCUT2D eigenvalue weighted by Gasteiger charge is 2.31. The molecule has 2 aromatic rings. The fourth-order valence-electron chi connectivity index (χ4n) is 3.02. The zero-order valence-electron chi connectivity index (χ0n) is 15.5. The Morgan fingerprint density at radius 1 is 1.04 bits per heavy atom. The summed E-state index contributed by atoms with van der Waals surface area (Å²) in [5.41, 5.74) is 0.239. The quantitative estimate of drug-likeness (QED) is 0.546. The number of hydrogen-bond donors (Lipinski definition) is 0. The topological polar surface area (TPSA) is 76.2 Å². The van der Waals surface area contributed by atoms with Gasteiger partial charge in [-0.1, -0.05) is 43.7 Å². The Hall–Kier alpha value is -2.83. The van der Waals surface area contributed by atoms with Gasteiger partial charge in [-0.15, -0.1) is 0 Å². The van der Waals surface area contributed by atoms with E-state index >= 15 is 0 Å². The van der Waals surface area contributed by atoms with Crippen LogP contribution in [-0.2, 0) is 11.3 Å². The summed E-state index contributed by atoms with van der Waals surface area (Å²) in [4.78, 5) is 39.4. The first kappa shape index (κ1) is 18.9. The second-order valence-electron chi connectivity index (χ2n) is 6.55. The highest BCUT2D eigenvalue weighted by Crippen LogP contribution is 2.24. The average molecular weight is 372 g/mol. The number of piperazine rings is 1. The van der Waals surface area contributed by atoms with Crippen molar-refractivity contribution >= 4 is 11.8 Å². The molecule has 0 aromatic heterocycles. The molecule has 0 spiro atoms. The molecule has 1 fully saturated rings. The molecule has 0 unspecified atom stereocenters. The number of benzene rings is 1. The number of unbranched alkanes of at least 4 members (excludes halogenated alkanes) is 1. The molecule has 0 radical (unpaired) electrons. The Balaban J connectivity index is 1.52. The molecule has 0 saturated carbocycles. The van der Waals surface area contributed by atoms with Crippen molar-refractivity contribution in [3.63, 3.8) is 0 Å². The highest BCUT2D eigenvalue weighted by molar-refractivity contribution is 5.69. The van der Waals surface area contributed by atoms with E-state index in [1.165, 1.54) is 0 Å². The Morgan fingerprint density at radius 3 is 2.41 bits per heavy atom. The number of carbonyl (C=O) groups is 1. The van der Waals surface area contributed by atoms with Crippen LogP contribution >= 0.6 is 0 Å². The Kier molecular flexibility index (Phi) is 6.11. The molecule has 1 heterocycles. The van der Waals surface area contributed by atoms with Crippen molar-refractivity contribution in [3.8, 4) is 5.75 Å². The molecule has 0 aliphatic carbocycles. The standard InChI is InChI=1S/C20H24N2O5/c1-2-3-13-26-19-16(17(23)18(19)24)21-9-11-22(12-10-21)20(25)27-14-15-7-5-4-6-8-15/h4-8H,2-3,9-14H2,1H3. The van der Waals surface area contributed by atoms with Gasteiger partial charge in [0, 0.05) is 26.2 Å². The molecule has 1 aliphatic rings. The van der Waals surface area contributed by atoms with Gasteiger partial charge in [-0.3, -0.25) is 9.59 Å². The summed E-state index contributed by atoms with van der Waals surface area (Å²) in [6.07, 6.45) is 1.41. The Bertz CT molecular complexity index is 834. The SMILES string of the molecule is CCCCOc1c(N2CCN(C(=O)OCc3ccccc3)CC2)c(=O)c1=O. The van der Waals surface area contributed by atoms with Crippen LogP contribution in [0.5, 0.6) is 5.75 Å². The molecule has 1 aliphatic heterocycles. The summed E-state index contributed by atoms with van der Waals surface area (Å²) in [6, 6.07) is 9.50. The predicted molar refractivity (Wildman–Crippen MR) is 102 cm³/mol. The van der Waals surface area contributed by atoms with Crippen molar-refractivity contribution in [3.05, 3.63) is 56.3 Å². The number of carbonyl (C=O) groups excluding carboxylic acids is 1. The number of nitrogens with zero attached hydrogens (tertiary/aromatic N) is 2. The second kappa shape index (κ2) is 8.70. The van der Waals surface area contributed by atoms with Gasteiger partial charge in [-0.25, -0.2) is 4.79 Å². The number of rotatable bonds is 7. The minimum atomic E-state index is -0.550. The van der Waals surface area contributed by atoms with Crippen LogP contribution in [-0.4, -0.2) is 43.8 Å². The lowest BCUT2D eigenvalue weighted by Crippen LogP contribution is -2.52. The maximum Gasteiger partial charge on any atom is 0.410 e. The lowest BCUT2D eigenvalue weighted by molar-refractivity contribution is 0.0941. The van der Waals surface area contributed by atoms with Crippen molar-refractivity contribution in [2.75, 3.05) is 37.7 Å². The maximum absolute atomic E-state index is 12.2. The van der Waals surface area contributed by atoms with Crippen molar-refractivity contribution in [1.82, 2.24) is 4.90 Å². The van der Waals surface area contributed by atoms with Gasteiger partial charge in [-0.05, 0) is 12.0 Å². The van der Waals surface area contributed by atoms with Crippen LogP contribution in [0.2, 0.25) is 0 Å². The summed E-state index contributed by atoms with van der Waals surface area (Å²) < 4.78 is 10.8. The number of hydrogen-bond acceptors (Lipinski definition) is 6. The molecule has 0 bridgehead atoms. The average Bonchev–Trinajstić information content (AvgIpc) is 2.72. The van der Waals surface area contributed by atoms with E-state index in [0.29, 0.717) is 38.5 Å². The van der Waals surface area contributed by atoms with Crippen molar-refractivity contribution in [1.29, 1.82) is 0 Å². The zero-order chi connectivity index (χ0) is 19.2. The highest BCUT2D eigenvalue weighted by atomic mass is 16.6. The van der Waals surface area contributed by atoms with E-state index in [9.17, 15) is 14.4 Å². The molecule has 27 heavy (non-hydrogen) atoms. The van der Waals surface area contributed by atoms with Crippen LogP contribution in [0.3, 0.4) is 0 Å². The fraction of sp³-hybridized carbons (Fsp3) is 0.450. The molecule has 144 valence electrons. The van der Waals surface area contributed by atoms with Gasteiger partial charge >= 0.3 is 6.09 Å². The summed E-state index contributed by atoms with van der Waals surface area (Å²) in [5, 5.41) is 0. The van der Waals surface area contributed by atoms with Crippen molar-refractivity contribution in [2.24, 2.45) is 0 Å². The second-order valence-corrected chi connectivity index (χ2v) is 6.55. The molecule has 7 heteroatoms. The molecule has 3 rings (SSSR count). The molecular formula is C20H24N2O5. The van der Waals surface area contributed by atoms with Gasteiger partial charge in [0.15, 0.2) is 5.75 Å². The fourth-order valence-corrected chi connectivity index (χ4v) is 3.02. The van der Waals surface area contributed by atoms with Crippen LogP contribution < -0.4 is 20.5 Å². The zero-order valence-corrected chi connectivity index (χ0v) is 15.5. The monoisotopic (exact) mass is 372 g/mol. The lowest BCUT2D eigenvalue weighted by atomic mass is 10.1. The first-order valence-electron chi connectivity index (χ1n) is 9.28. The van der Waals surface area contributed by atoms with Gasteiger partial charge in [-0.2, -0.15) is 0 Å². The third kappa shape index (κ3) is 4.30. The Labute approximate surface area is 157 Å². The van der Waals surface area contributed by atoms with Crippen LogP contribution in [0.1, 0.15) is 25.3 Å². The smallest absolute Gasteiger partial charge is 0.410 e. The molecule has 7 nitrogen and oxygen atoms in total. The third-order valence-corrected chi connectivity index (χ3v) is 4.65. The van der Waals surface area contributed by atoms with E-state index in [4.69, 9.17) is 9.47 Å². The van der Waals surface area contributed by atoms with Gasteiger partial charge in [0.1, 0.15) is 12.3 Å². The minimum absolute atomic E-state index is 0.175. The normalized spacial score (nSPS) is 14.4. The first-order valence-corrected chi connectivity index (χ1v) is 9.28. The van der Waals surface area contributed by atoms with Crippen LogP contribution in [0, 0.1) is 0 Å². The first-order chi connectivity index (χ1) is 13.1. The van der Waals surface area contributed by atoms with E-state index in [0.717, 1.165) is 18.4 Å². The van der Waals surface area contributed by atoms with Gasteiger partial charge < -0.3 is 19.3 Å². The lowest BCUT2D eigenvalue weighted by Gasteiger charge is -2.36. The minimum Gasteiger partial charge on any atom is -0.487 e. The van der Waals surface area contributed by atoms with E-state index in [1.807, 2.05) is 42.2 Å². The summed E-state index contributed by atoms with van der Waals surface area (Å²) in [6.45, 7) is 4.49. The van der Waals surface area contributed by atoms with E-state index in [-0.39, 0.29) is 18.4 Å². The number of anilines is 1. The van der Waals surface area contributed by atoms with Crippen LogP contribution in [0.4, 0.5) is 10.5 Å². The van der Waals surface area contributed by atoms with E-state index in [2.05, 4.69) is 0 Å². The summed E-state index contributed by atoms with van der Waals surface area (Å²) in [5.74, 6) is 0.175. The van der Waals surface area contributed by atoms with Crippen molar-refractivity contribution in [2.45, 2.75) is 26.4 Å². The van der Waals surface area contributed by atoms with E-state index < -0.39 is 10.9 Å². The number of amides is 1. The van der Waals surface area contributed by atoms with E-state index in [1.54, 1.807) is 4.90 Å². The molecule has 1 amide bonds. The van der Waals surface area contributed by atoms with Crippen molar-refractivity contribution < 1.29 is 14.3 Å². The molecule has 0 atom stereocenters. The summed E-state index contributed by atoms with van der Waals surface area (Å²) in [7, 11) is 0. The molecule has 2 aromatic carbocycles. The molecule has 0 N–H and O–H groups in total. The van der Waals surface area contributed by atoms with Gasteiger partial charge in [0.2, 0.25) is 0 Å². The number of ether oxygens (including phenoxy) is 2. The molecule has 1 saturated heterocycles. The van der Waals surface area contributed by atoms with Crippen LogP contribution in [0.25, 0.3) is 0 Å². The van der Waals surface area contributed by atoms with Gasteiger partial charge in [0.25, 0.3) is 10.9 Å². The Morgan fingerprint density at radius 2 is 1.74 bits per heavy atom.